The second-order valence-electron chi connectivity index (χ2n) is 4.63. The molecule has 2 aromatic carbocycles. The van der Waals surface area contributed by atoms with Crippen LogP contribution in [0.15, 0.2) is 48.5 Å². The lowest BCUT2D eigenvalue weighted by atomic mass is 10.1. The van der Waals surface area contributed by atoms with E-state index in [2.05, 4.69) is 5.32 Å². The Morgan fingerprint density at radius 3 is 2.43 bits per heavy atom. The third-order valence-corrected chi connectivity index (χ3v) is 3.04. The van der Waals surface area contributed by atoms with Gasteiger partial charge in [-0.15, -0.1) is 0 Å². The number of carbonyl (C=O) groups excluding carboxylic acids is 1. The number of hydrogen-bond acceptors (Lipinski definition) is 4. The summed E-state index contributed by atoms with van der Waals surface area (Å²) in [5, 5.41) is 20.9. The molecule has 1 amide bonds. The van der Waals surface area contributed by atoms with Gasteiger partial charge in [-0.2, -0.15) is 0 Å². The molecular formula is C17H15NO5. The number of aromatic hydroxyl groups is 1. The number of carbonyl (C=O) groups is 2. The number of carboxylic acids is 1. The largest absolute Gasteiger partial charge is 0.507 e. The van der Waals surface area contributed by atoms with Crippen molar-refractivity contribution in [1.82, 2.24) is 0 Å². The highest BCUT2D eigenvalue weighted by atomic mass is 16.5. The summed E-state index contributed by atoms with van der Waals surface area (Å²) in [5.74, 6) is -1.32. The minimum Gasteiger partial charge on any atom is -0.507 e. The number of aromatic carboxylic acids is 1. The van der Waals surface area contributed by atoms with E-state index in [9.17, 15) is 14.7 Å². The maximum atomic E-state index is 11.8. The summed E-state index contributed by atoms with van der Waals surface area (Å²) < 4.78 is 5.04. The van der Waals surface area contributed by atoms with E-state index in [0.29, 0.717) is 0 Å². The second kappa shape index (κ2) is 7.13. The molecule has 0 aliphatic heterocycles. The van der Waals surface area contributed by atoms with Crippen LogP contribution in [0.2, 0.25) is 0 Å². The Morgan fingerprint density at radius 2 is 1.83 bits per heavy atom. The average molecular weight is 313 g/mol. The van der Waals surface area contributed by atoms with E-state index in [-0.39, 0.29) is 17.0 Å². The molecule has 0 aliphatic carbocycles. The highest BCUT2D eigenvalue weighted by Gasteiger charge is 2.10. The van der Waals surface area contributed by atoms with E-state index < -0.39 is 11.9 Å². The van der Waals surface area contributed by atoms with Crippen LogP contribution < -0.4 is 10.1 Å². The molecule has 0 radical (unpaired) electrons. The van der Waals surface area contributed by atoms with Gasteiger partial charge in [-0.25, -0.2) is 4.79 Å². The lowest BCUT2D eigenvalue weighted by Crippen LogP contribution is -2.08. The zero-order valence-corrected chi connectivity index (χ0v) is 12.3. The molecule has 118 valence electrons. The van der Waals surface area contributed by atoms with Crippen molar-refractivity contribution in [2.75, 3.05) is 12.4 Å². The fourth-order valence-electron chi connectivity index (χ4n) is 1.86. The number of rotatable bonds is 5. The standard InChI is InChI=1S/C17H15NO5/c1-23-13-6-2-11(3-7-13)4-9-16(20)18-12-5-8-15(19)14(10-12)17(21)22/h2-10,19H,1H3,(H,18,20)(H,21,22)/b9-4+. The van der Waals surface area contributed by atoms with Crippen molar-refractivity contribution in [1.29, 1.82) is 0 Å². The fourth-order valence-corrected chi connectivity index (χ4v) is 1.86. The van der Waals surface area contributed by atoms with Crippen molar-refractivity contribution in [3.05, 3.63) is 59.7 Å². The van der Waals surface area contributed by atoms with Crippen molar-refractivity contribution >= 4 is 23.6 Å². The van der Waals surface area contributed by atoms with E-state index in [0.717, 1.165) is 11.3 Å². The lowest BCUT2D eigenvalue weighted by molar-refractivity contribution is -0.111. The van der Waals surface area contributed by atoms with Crippen molar-refractivity contribution in [3.8, 4) is 11.5 Å². The number of methoxy groups -OCH3 is 1. The van der Waals surface area contributed by atoms with Gasteiger partial charge in [-0.3, -0.25) is 4.79 Å². The van der Waals surface area contributed by atoms with Crippen LogP contribution in [0.4, 0.5) is 5.69 Å². The first-order chi connectivity index (χ1) is 11.0. The number of hydrogen-bond donors (Lipinski definition) is 3. The minimum atomic E-state index is -1.27. The second-order valence-corrected chi connectivity index (χ2v) is 4.63. The summed E-state index contributed by atoms with van der Waals surface area (Å²) in [6, 6.07) is 11.0. The number of benzene rings is 2. The van der Waals surface area contributed by atoms with E-state index in [4.69, 9.17) is 9.84 Å². The zero-order chi connectivity index (χ0) is 16.8. The predicted molar refractivity (Wildman–Crippen MR) is 85.7 cm³/mol. The van der Waals surface area contributed by atoms with E-state index >= 15 is 0 Å². The lowest BCUT2D eigenvalue weighted by Gasteiger charge is -2.05. The van der Waals surface area contributed by atoms with Crippen LogP contribution >= 0.6 is 0 Å². The quantitative estimate of drug-likeness (QED) is 0.582. The first-order valence-corrected chi connectivity index (χ1v) is 6.69. The van der Waals surface area contributed by atoms with Gasteiger partial charge < -0.3 is 20.3 Å². The molecule has 0 saturated heterocycles. The molecule has 3 N–H and O–H groups in total. The highest BCUT2D eigenvalue weighted by Crippen LogP contribution is 2.21. The molecule has 0 aliphatic rings. The van der Waals surface area contributed by atoms with Gasteiger partial charge in [0, 0.05) is 11.8 Å². The number of carboxylic acid groups (broad SMARTS) is 1. The summed E-state index contributed by atoms with van der Waals surface area (Å²) in [4.78, 5) is 22.8. The molecule has 6 heteroatoms. The van der Waals surface area contributed by atoms with E-state index in [1.807, 2.05) is 0 Å². The topological polar surface area (TPSA) is 95.9 Å². The predicted octanol–water partition coefficient (Wildman–Crippen LogP) is 2.75. The Labute approximate surface area is 132 Å². The molecule has 23 heavy (non-hydrogen) atoms. The van der Waals surface area contributed by atoms with Crippen LogP contribution in [0.1, 0.15) is 15.9 Å². The van der Waals surface area contributed by atoms with Gasteiger partial charge in [0.1, 0.15) is 17.1 Å². The first-order valence-electron chi connectivity index (χ1n) is 6.69. The molecule has 0 fully saturated rings. The van der Waals surface area contributed by atoms with Crippen molar-refractivity contribution in [3.63, 3.8) is 0 Å². The molecular weight excluding hydrogens is 298 g/mol. The Hall–Kier alpha value is -3.28. The maximum Gasteiger partial charge on any atom is 0.339 e. The summed E-state index contributed by atoms with van der Waals surface area (Å²) in [6.07, 6.45) is 2.95. The minimum absolute atomic E-state index is 0.276. The van der Waals surface area contributed by atoms with Crippen molar-refractivity contribution in [2.24, 2.45) is 0 Å². The number of amides is 1. The van der Waals surface area contributed by atoms with E-state index in [1.54, 1.807) is 37.5 Å². The molecule has 6 nitrogen and oxygen atoms in total. The van der Waals surface area contributed by atoms with Crippen LogP contribution in [-0.4, -0.2) is 29.2 Å². The van der Waals surface area contributed by atoms with Crippen molar-refractivity contribution < 1.29 is 24.5 Å². The van der Waals surface area contributed by atoms with Gasteiger partial charge in [0.2, 0.25) is 5.91 Å². The molecule has 0 unspecified atom stereocenters. The van der Waals surface area contributed by atoms with Crippen LogP contribution in [-0.2, 0) is 4.79 Å². The number of anilines is 1. The van der Waals surface area contributed by atoms with Gasteiger partial charge in [-0.05, 0) is 42.0 Å². The summed E-state index contributed by atoms with van der Waals surface area (Å²) >= 11 is 0. The molecule has 2 aromatic rings. The van der Waals surface area contributed by atoms with E-state index in [1.165, 1.54) is 24.3 Å². The van der Waals surface area contributed by atoms with Gasteiger partial charge in [0.15, 0.2) is 0 Å². The molecule has 0 aromatic heterocycles. The Balaban J connectivity index is 2.05. The Bertz CT molecular complexity index is 750. The Kier molecular flexibility index (Phi) is 4.99. The molecule has 0 heterocycles. The molecule has 2 rings (SSSR count). The van der Waals surface area contributed by atoms with Crippen LogP contribution in [0.3, 0.4) is 0 Å². The smallest absolute Gasteiger partial charge is 0.339 e. The molecule has 0 atom stereocenters. The number of nitrogens with one attached hydrogen (secondary N) is 1. The first kappa shape index (κ1) is 16.1. The van der Waals surface area contributed by atoms with Gasteiger partial charge >= 0.3 is 5.97 Å². The third-order valence-electron chi connectivity index (χ3n) is 3.04. The number of phenols is 1. The Morgan fingerprint density at radius 1 is 1.13 bits per heavy atom. The van der Waals surface area contributed by atoms with Gasteiger partial charge in [-0.1, -0.05) is 12.1 Å². The van der Waals surface area contributed by atoms with Crippen molar-refractivity contribution in [2.45, 2.75) is 0 Å². The average Bonchev–Trinajstić information content (AvgIpc) is 2.55. The van der Waals surface area contributed by atoms with Crippen LogP contribution in [0, 0.1) is 0 Å². The summed E-state index contributed by atoms with van der Waals surface area (Å²) in [6.45, 7) is 0. The fraction of sp³-hybridized carbons (Fsp3) is 0.0588. The van der Waals surface area contributed by atoms with Gasteiger partial charge in [0.25, 0.3) is 0 Å². The normalized spacial score (nSPS) is 10.5. The van der Waals surface area contributed by atoms with Crippen LogP contribution in [0.5, 0.6) is 11.5 Å². The maximum absolute atomic E-state index is 11.8. The number of ether oxygens (including phenoxy) is 1. The molecule has 0 spiro atoms. The third kappa shape index (κ3) is 4.34. The monoisotopic (exact) mass is 313 g/mol. The molecule has 0 saturated carbocycles. The SMILES string of the molecule is COc1ccc(/C=C/C(=O)Nc2ccc(O)c(C(=O)O)c2)cc1. The summed E-state index contributed by atoms with van der Waals surface area (Å²) in [7, 11) is 1.57. The van der Waals surface area contributed by atoms with Crippen LogP contribution in [0.25, 0.3) is 6.08 Å². The summed E-state index contributed by atoms with van der Waals surface area (Å²) in [5.41, 5.74) is 0.824. The highest BCUT2D eigenvalue weighted by molar-refractivity contribution is 6.03. The zero-order valence-electron chi connectivity index (χ0n) is 12.3. The van der Waals surface area contributed by atoms with Gasteiger partial charge in [0.05, 0.1) is 7.11 Å². The molecule has 0 bridgehead atoms.